The van der Waals surface area contributed by atoms with Crippen LogP contribution in [-0.2, 0) is 13.2 Å². The molecule has 0 amide bonds. The van der Waals surface area contributed by atoms with Gasteiger partial charge in [0.15, 0.2) is 11.5 Å². The van der Waals surface area contributed by atoms with Crippen molar-refractivity contribution in [1.29, 1.82) is 0 Å². The summed E-state index contributed by atoms with van der Waals surface area (Å²) in [6.07, 6.45) is 0.554. The van der Waals surface area contributed by atoms with Crippen LogP contribution in [0.25, 0.3) is 33.8 Å². The van der Waals surface area contributed by atoms with Crippen LogP contribution in [0.4, 0.5) is 22.0 Å². The molecule has 1 saturated carbocycles. The summed E-state index contributed by atoms with van der Waals surface area (Å²) < 4.78 is 75.8. The predicted molar refractivity (Wildman–Crippen MR) is 131 cm³/mol. The highest BCUT2D eigenvalue weighted by Crippen LogP contribution is 2.45. The van der Waals surface area contributed by atoms with Crippen molar-refractivity contribution in [2.24, 2.45) is 7.05 Å². The molecular formula is C26H20F5N7O2. The summed E-state index contributed by atoms with van der Waals surface area (Å²) >= 11 is 0. The maximum Gasteiger partial charge on any atom is 0.434 e. The molecule has 0 bridgehead atoms. The number of nitrogens with zero attached hydrogens (tertiary/aromatic N) is 6. The van der Waals surface area contributed by atoms with E-state index in [1.165, 1.54) is 32.9 Å². The molecule has 4 heterocycles. The van der Waals surface area contributed by atoms with Crippen molar-refractivity contribution in [3.05, 3.63) is 71.2 Å². The number of fused-ring (bicyclic) bond motifs is 1. The topological polar surface area (TPSA) is 115 Å². The summed E-state index contributed by atoms with van der Waals surface area (Å²) in [5.74, 6) is -2.16. The fraction of sp³-hybridized carbons (Fsp3) is 0.269. The Kier molecular flexibility index (Phi) is 6.02. The Morgan fingerprint density at radius 1 is 1.07 bits per heavy atom. The van der Waals surface area contributed by atoms with E-state index in [9.17, 15) is 18.3 Å². The fourth-order valence-corrected chi connectivity index (χ4v) is 4.65. The molecule has 5 aromatic rings. The number of aryl methyl sites for hydroxylation is 1. The number of halogens is 5. The molecule has 4 aromatic heterocycles. The second kappa shape index (κ2) is 9.33. The molecule has 9 nitrogen and oxygen atoms in total. The molecule has 14 heteroatoms. The van der Waals surface area contributed by atoms with Crippen LogP contribution in [0.3, 0.4) is 0 Å². The predicted octanol–water partition coefficient (Wildman–Crippen LogP) is 5.08. The van der Waals surface area contributed by atoms with Crippen LogP contribution in [0, 0.1) is 11.6 Å². The Morgan fingerprint density at radius 2 is 1.80 bits per heavy atom. The van der Waals surface area contributed by atoms with Crippen molar-refractivity contribution >= 4 is 11.0 Å². The van der Waals surface area contributed by atoms with Gasteiger partial charge in [-0.2, -0.15) is 13.2 Å². The molecular weight excluding hydrogens is 537 g/mol. The van der Waals surface area contributed by atoms with Crippen molar-refractivity contribution in [3.8, 4) is 28.7 Å². The molecule has 1 fully saturated rings. The van der Waals surface area contributed by atoms with Crippen molar-refractivity contribution < 1.29 is 31.8 Å². The Hall–Kier alpha value is -4.46. The van der Waals surface area contributed by atoms with Crippen molar-refractivity contribution in [3.63, 3.8) is 0 Å². The lowest BCUT2D eigenvalue weighted by Gasteiger charge is -2.14. The highest BCUT2D eigenvalue weighted by Gasteiger charge is 2.36. The van der Waals surface area contributed by atoms with E-state index in [1.807, 2.05) is 0 Å². The summed E-state index contributed by atoms with van der Waals surface area (Å²) in [4.78, 5) is 23.9. The van der Waals surface area contributed by atoms with Gasteiger partial charge in [0.1, 0.15) is 35.5 Å². The smallest absolute Gasteiger partial charge is 0.434 e. The number of hydrogen-bond donors (Lipinski definition) is 2. The molecule has 0 saturated heterocycles. The van der Waals surface area contributed by atoms with Crippen LogP contribution < -0.4 is 4.74 Å². The second-order valence-corrected chi connectivity index (χ2v) is 9.44. The van der Waals surface area contributed by atoms with E-state index in [1.54, 1.807) is 0 Å². The molecule has 206 valence electrons. The van der Waals surface area contributed by atoms with E-state index >= 15 is 8.78 Å². The number of imidazole rings is 1. The average molecular weight is 557 g/mol. The first-order chi connectivity index (χ1) is 19.1. The normalized spacial score (nSPS) is 14.6. The lowest BCUT2D eigenvalue weighted by Crippen LogP contribution is -2.06. The summed E-state index contributed by atoms with van der Waals surface area (Å²) in [6.45, 7) is 0. The van der Waals surface area contributed by atoms with Crippen LogP contribution >= 0.6 is 0 Å². The van der Waals surface area contributed by atoms with Gasteiger partial charge in [-0.25, -0.2) is 33.7 Å². The minimum Gasteiger partial charge on any atom is -0.480 e. The van der Waals surface area contributed by atoms with E-state index in [-0.39, 0.29) is 34.3 Å². The number of methoxy groups -OCH3 is 1. The monoisotopic (exact) mass is 557 g/mol. The van der Waals surface area contributed by atoms with E-state index in [4.69, 9.17) is 4.74 Å². The van der Waals surface area contributed by atoms with Gasteiger partial charge in [-0.1, -0.05) is 0 Å². The van der Waals surface area contributed by atoms with Crippen molar-refractivity contribution in [2.75, 3.05) is 7.11 Å². The van der Waals surface area contributed by atoms with Crippen molar-refractivity contribution in [1.82, 2.24) is 34.5 Å². The maximum atomic E-state index is 15.1. The number of hydrogen-bond acceptors (Lipinski definition) is 7. The van der Waals surface area contributed by atoms with Crippen LogP contribution in [0.15, 0.2) is 37.1 Å². The molecule has 1 unspecified atom stereocenters. The van der Waals surface area contributed by atoms with Crippen LogP contribution in [0.5, 0.6) is 5.88 Å². The molecule has 1 aliphatic rings. The molecule has 1 aliphatic carbocycles. The molecule has 6 rings (SSSR count). The zero-order valence-electron chi connectivity index (χ0n) is 21.0. The van der Waals surface area contributed by atoms with E-state index < -0.39 is 41.0 Å². The van der Waals surface area contributed by atoms with Crippen LogP contribution in [0.2, 0.25) is 0 Å². The molecule has 0 spiro atoms. The van der Waals surface area contributed by atoms with Gasteiger partial charge in [-0.3, -0.25) is 0 Å². The Balaban J connectivity index is 1.41. The number of rotatable bonds is 6. The number of aliphatic hydroxyl groups is 1. The first-order valence-corrected chi connectivity index (χ1v) is 12.1. The summed E-state index contributed by atoms with van der Waals surface area (Å²) in [7, 11) is 2.66. The molecule has 2 N–H and O–H groups in total. The molecule has 1 atom stereocenters. The van der Waals surface area contributed by atoms with Crippen LogP contribution in [-0.4, -0.2) is 46.7 Å². The molecule has 1 aromatic carbocycles. The largest absolute Gasteiger partial charge is 0.480 e. The third-order valence-corrected chi connectivity index (χ3v) is 6.73. The van der Waals surface area contributed by atoms with Gasteiger partial charge >= 0.3 is 6.18 Å². The minimum absolute atomic E-state index is 0.177. The number of aromatic nitrogens is 7. The third-order valence-electron chi connectivity index (χ3n) is 6.73. The van der Waals surface area contributed by atoms with Gasteiger partial charge in [-0.15, -0.1) is 0 Å². The zero-order chi connectivity index (χ0) is 28.3. The Bertz CT molecular complexity index is 1740. The van der Waals surface area contributed by atoms with Crippen molar-refractivity contribution in [2.45, 2.75) is 31.0 Å². The summed E-state index contributed by atoms with van der Waals surface area (Å²) in [5, 5.41) is 11.1. The van der Waals surface area contributed by atoms with Gasteiger partial charge in [-0.05, 0) is 30.5 Å². The van der Waals surface area contributed by atoms with Gasteiger partial charge in [0.25, 0.3) is 0 Å². The van der Waals surface area contributed by atoms with Gasteiger partial charge < -0.3 is 19.4 Å². The third kappa shape index (κ3) is 4.33. The molecule has 0 radical (unpaired) electrons. The number of nitrogens with one attached hydrogen (secondary N) is 1. The standard InChI is InChI=1S/C26H20F5N7O2/c1-38-9-17(26(29,30)31)36-24(38)18-14(27)5-12(6-15(18)28)22(39)13-7-32-16-8-33-23(37-21(13)16)19-20(11-3-4-11)34-10-35-25(19)40-2/h5-11,22,32,39H,3-4H2,1-2H3. The van der Waals surface area contributed by atoms with E-state index in [2.05, 4.69) is 29.9 Å². The lowest BCUT2D eigenvalue weighted by atomic mass is 10.0. The van der Waals surface area contributed by atoms with E-state index in [0.717, 1.165) is 35.2 Å². The van der Waals surface area contributed by atoms with Gasteiger partial charge in [0.05, 0.1) is 35.6 Å². The number of alkyl halides is 3. The number of H-pyrrole nitrogens is 1. The Morgan fingerprint density at radius 3 is 2.42 bits per heavy atom. The zero-order valence-corrected chi connectivity index (χ0v) is 21.0. The maximum absolute atomic E-state index is 15.1. The van der Waals surface area contributed by atoms with E-state index in [0.29, 0.717) is 17.3 Å². The lowest BCUT2D eigenvalue weighted by molar-refractivity contribution is -0.140. The number of aliphatic hydroxyl groups excluding tert-OH is 1. The molecule has 40 heavy (non-hydrogen) atoms. The number of benzene rings is 1. The van der Waals surface area contributed by atoms with Gasteiger partial charge in [0, 0.05) is 30.9 Å². The second-order valence-electron chi connectivity index (χ2n) is 9.44. The highest BCUT2D eigenvalue weighted by atomic mass is 19.4. The summed E-state index contributed by atoms with van der Waals surface area (Å²) in [6, 6.07) is 1.70. The van der Waals surface area contributed by atoms with Gasteiger partial charge in [0.2, 0.25) is 5.88 Å². The SMILES string of the molecule is COc1ncnc(C2CC2)c1-c1ncc2[nH]cc(C(O)c3cc(F)c(-c4nc(C(F)(F)F)cn4C)c(F)c3)c2n1. The Labute approximate surface area is 222 Å². The van der Waals surface area contributed by atoms with Crippen LogP contribution in [0.1, 0.15) is 47.4 Å². The fourth-order valence-electron chi connectivity index (χ4n) is 4.65. The number of ether oxygens (including phenoxy) is 1. The quantitative estimate of drug-likeness (QED) is 0.280. The average Bonchev–Trinajstić information content (AvgIpc) is 3.57. The summed E-state index contributed by atoms with van der Waals surface area (Å²) in [5.41, 5.74) is -0.0124. The first kappa shape index (κ1) is 25.8. The molecule has 0 aliphatic heterocycles. The first-order valence-electron chi connectivity index (χ1n) is 12.1. The number of aromatic amines is 1. The minimum atomic E-state index is -4.79. The highest BCUT2D eigenvalue weighted by molar-refractivity contribution is 5.82.